The minimum absolute atomic E-state index is 0. The third kappa shape index (κ3) is 20.0. The van der Waals surface area contributed by atoms with Crippen LogP contribution in [-0.4, -0.2) is 98.0 Å². The molecule has 0 atom stereocenters. The Kier molecular flexibility index (Phi) is 29.7. The van der Waals surface area contributed by atoms with E-state index in [1.54, 1.807) is 0 Å². The first kappa shape index (κ1) is 81.6. The summed E-state index contributed by atoms with van der Waals surface area (Å²) in [6, 6.07) is 23.7. The molecule has 0 heterocycles. The Morgan fingerprint density at radius 2 is 0.659 bits per heavy atom. The van der Waals surface area contributed by atoms with Gasteiger partial charge in [0.15, 0.2) is 0 Å². The normalized spacial score (nSPS) is 12.6. The van der Waals surface area contributed by atoms with E-state index in [-0.39, 0.29) is 254 Å². The Balaban J connectivity index is 0.00000440. The molecule has 88 heavy (non-hydrogen) atoms. The third-order valence-electron chi connectivity index (χ3n) is 11.6. The zero-order valence-corrected chi connectivity index (χ0v) is 64.0. The molecule has 0 bridgehead atoms. The molecule has 0 aromatic heterocycles. The van der Waals surface area contributed by atoms with Gasteiger partial charge in [-0.1, -0.05) is 36.4 Å². The summed E-state index contributed by atoms with van der Waals surface area (Å²) < 4.78 is 219. The van der Waals surface area contributed by atoms with Gasteiger partial charge in [0.05, 0.1) is 62.4 Å². The standard InChI is InChI=1S/C48H36N8O20S6.6Na/c1-27-19-31(13-17-41(27)51-49-33-21-39-37(47(23-33)81(71,72)73)5-3-7-43(39)77(59,60)61)53-55(57)35-15-11-29(45(25-35)79(65,66)67)9-10-30-12-16-36(26-46(30)80(68,69)70)56(58)54-32-14-18-42(28(2)20-32)52-50-34-22-40-38(48(24-34)82(74,75)76)6-4-8-44(40)78(62,63)64;;;;;;/h3-26H,1-2H3,(H6-2,53,54,57,58,59,60,61,62,63,64,65,66,67,68,69,70,71,72,73,74,75,76);;;;;;/q;6*+1/p-4/b10-9+;;;;;;. The Bertz CT molecular complexity index is 4640. The van der Waals surface area contributed by atoms with E-state index in [0.29, 0.717) is 11.1 Å². The molecule has 2 N–H and O–H groups in total. The number of azo groups is 4. The second kappa shape index (κ2) is 32.1. The summed E-state index contributed by atoms with van der Waals surface area (Å²) in [7, 11) is -31.5. The van der Waals surface area contributed by atoms with Gasteiger partial charge in [-0.2, -0.15) is 20.5 Å². The fraction of sp³-hybridized carbons (Fsp3) is 0.0417. The number of rotatable bonds is 16. The fourth-order valence-corrected chi connectivity index (χ4v) is 12.1. The van der Waals surface area contributed by atoms with Crippen molar-refractivity contribution in [1.82, 2.24) is 0 Å². The van der Waals surface area contributed by atoms with E-state index >= 15 is 0 Å². The van der Waals surface area contributed by atoms with E-state index in [4.69, 9.17) is 0 Å². The van der Waals surface area contributed by atoms with Crippen LogP contribution in [-0.2, 0) is 60.7 Å². The van der Waals surface area contributed by atoms with Crippen LogP contribution in [0.4, 0.5) is 45.5 Å². The minimum Gasteiger partial charge on any atom is -0.744 e. The summed E-state index contributed by atoms with van der Waals surface area (Å²) in [5.74, 6) is 0. The van der Waals surface area contributed by atoms with Crippen LogP contribution in [0, 0.1) is 13.8 Å². The van der Waals surface area contributed by atoms with E-state index in [9.17, 15) is 88.2 Å². The summed E-state index contributed by atoms with van der Waals surface area (Å²) >= 11 is 0. The summed E-state index contributed by atoms with van der Waals surface area (Å²) in [4.78, 5) is -4.83. The van der Waals surface area contributed by atoms with Gasteiger partial charge in [-0.05, 0) is 121 Å². The van der Waals surface area contributed by atoms with Crippen LogP contribution < -0.4 is 177 Å². The van der Waals surface area contributed by atoms with Gasteiger partial charge in [-0.15, -0.1) is 0 Å². The van der Waals surface area contributed by atoms with Crippen molar-refractivity contribution < 1.29 is 275 Å². The Labute approximate surface area is 635 Å². The molecule has 8 aromatic carbocycles. The van der Waals surface area contributed by atoms with Gasteiger partial charge in [-0.25, -0.2) is 50.5 Å². The van der Waals surface area contributed by atoms with Gasteiger partial charge < -0.3 is 27.3 Å². The number of aryl methyl sites for hydroxylation is 2. The molecule has 424 valence electrons. The van der Waals surface area contributed by atoms with Crippen LogP contribution in [0.3, 0.4) is 0 Å². The van der Waals surface area contributed by atoms with Gasteiger partial charge in [-0.3, -0.25) is 10.4 Å². The molecule has 0 saturated heterocycles. The van der Waals surface area contributed by atoms with Crippen molar-refractivity contribution in [1.29, 1.82) is 0 Å². The van der Waals surface area contributed by atoms with Gasteiger partial charge >= 0.3 is 177 Å². The maximum atomic E-state index is 12.5. The maximum Gasteiger partial charge on any atom is 1.00 e. The number of hydrogen-bond acceptors (Lipinski definition) is 24. The van der Waals surface area contributed by atoms with E-state index in [0.717, 1.165) is 109 Å². The first-order valence-corrected chi connectivity index (χ1v) is 30.8. The number of benzene rings is 8. The van der Waals surface area contributed by atoms with E-state index in [2.05, 4.69) is 30.7 Å². The van der Waals surface area contributed by atoms with Gasteiger partial charge in [0.25, 0.3) is 11.4 Å². The number of nitrogens with zero attached hydrogens (tertiary/aromatic N) is 8. The zero-order valence-electron chi connectivity index (χ0n) is 47.1. The van der Waals surface area contributed by atoms with Crippen LogP contribution in [0.25, 0.3) is 33.7 Å². The molecule has 0 unspecified atom stereocenters. The SMILES string of the molecule is Cc1cc(N=[N+](O)c2ccc(/C=C/c3ccc([N+](O)=Nc4ccc(N=Nc5cc(S(=O)(=O)[O-])c6cccc(S(=O)(=O)[O-])c6c5)c(C)c4)cc3S(=O)(=O)[O-])c(S(=O)(=O)[O-])c2)ccc1N=Nc1cc(S(=O)(=O)[O-])c2cccc(S(=O)(=O)[O-])c2c1.[Na+].[Na+].[Na+].[Na+].[Na+].[Na+]. The second-order valence-corrected chi connectivity index (χ2v) is 25.3. The van der Waals surface area contributed by atoms with Gasteiger partial charge in [0.2, 0.25) is 0 Å². The van der Waals surface area contributed by atoms with Crippen molar-refractivity contribution in [2.24, 2.45) is 30.7 Å². The average molecular weight is 1370 g/mol. The monoisotopic (exact) mass is 1370 g/mol. The van der Waals surface area contributed by atoms with E-state index in [1.165, 1.54) is 50.2 Å². The van der Waals surface area contributed by atoms with Gasteiger partial charge in [0.1, 0.15) is 81.8 Å². The largest absolute Gasteiger partial charge is 1.00 e. The average Bonchev–Trinajstić information content (AvgIpc) is 3.50. The molecule has 0 spiro atoms. The van der Waals surface area contributed by atoms with Crippen molar-refractivity contribution >= 4 is 140 Å². The molecule has 28 nitrogen and oxygen atoms in total. The van der Waals surface area contributed by atoms with Crippen LogP contribution in [0.1, 0.15) is 22.3 Å². The molecule has 40 heteroatoms. The Morgan fingerprint density at radius 1 is 0.341 bits per heavy atom. The topological polar surface area (TPSA) is 464 Å². The predicted octanol–water partition coefficient (Wildman–Crippen LogP) is -9.31. The predicted molar refractivity (Wildman–Crippen MR) is 276 cm³/mol. The molecule has 0 aliphatic carbocycles. The fourth-order valence-electron chi connectivity index (χ4n) is 7.95. The smallest absolute Gasteiger partial charge is 0.744 e. The van der Waals surface area contributed by atoms with Gasteiger partial charge in [0, 0.05) is 45.8 Å². The van der Waals surface area contributed by atoms with Crippen molar-refractivity contribution in [3.05, 3.63) is 156 Å². The van der Waals surface area contributed by atoms with Crippen molar-refractivity contribution in [2.75, 3.05) is 0 Å². The first-order valence-electron chi connectivity index (χ1n) is 22.4. The number of fused-ring (bicyclic) bond motifs is 2. The molecule has 0 saturated carbocycles. The molecule has 0 radical (unpaired) electrons. The summed E-state index contributed by atoms with van der Waals surface area (Å²) in [5, 5.41) is 44.1. The van der Waals surface area contributed by atoms with E-state index < -0.39 is 101 Å². The Morgan fingerprint density at radius 3 is 0.955 bits per heavy atom. The minimum atomic E-state index is -5.37. The zero-order chi connectivity index (χ0) is 60.1. The third-order valence-corrected chi connectivity index (χ3v) is 17.0. The Hall–Kier alpha value is -2.52. The van der Waals surface area contributed by atoms with E-state index in [1.807, 2.05) is 0 Å². The summed E-state index contributed by atoms with van der Waals surface area (Å²) in [5.41, 5.74) is -1.27. The van der Waals surface area contributed by atoms with Crippen LogP contribution >= 0.6 is 0 Å². The quantitative estimate of drug-likeness (QED) is 0.0226. The van der Waals surface area contributed by atoms with Crippen LogP contribution in [0.5, 0.6) is 0 Å². The van der Waals surface area contributed by atoms with Crippen molar-refractivity contribution in [2.45, 2.75) is 43.2 Å². The molecule has 0 amide bonds. The summed E-state index contributed by atoms with van der Waals surface area (Å²) in [6.07, 6.45) is 1.94. The van der Waals surface area contributed by atoms with Crippen LogP contribution in [0.15, 0.2) is 194 Å². The molecule has 0 aliphatic heterocycles. The van der Waals surface area contributed by atoms with Crippen molar-refractivity contribution in [3.63, 3.8) is 0 Å². The molecule has 8 rings (SSSR count). The summed E-state index contributed by atoms with van der Waals surface area (Å²) in [6.45, 7) is 3.00. The molecular formula is C48H32N8Na6O20S6+2. The van der Waals surface area contributed by atoms with Crippen molar-refractivity contribution in [3.8, 4) is 0 Å². The maximum absolute atomic E-state index is 12.5. The molecule has 8 aromatic rings. The first-order chi connectivity index (χ1) is 38.1. The second-order valence-electron chi connectivity index (χ2n) is 17.2. The number of hydrogen-bond donors (Lipinski definition) is 2. The molecule has 0 aliphatic rings. The van der Waals surface area contributed by atoms with Crippen LogP contribution in [0.2, 0.25) is 0 Å². The molecule has 0 fully saturated rings. The molecular weight excluding hydrogens is 1340 g/mol.